The number of halogens is 1. The Morgan fingerprint density at radius 3 is 2.42 bits per heavy atom. The van der Waals surface area contributed by atoms with Crippen LogP contribution in [0, 0.1) is 0 Å². The van der Waals surface area contributed by atoms with Crippen LogP contribution in [0.1, 0.15) is 31.1 Å². The first kappa shape index (κ1) is 14.0. The standard InChI is InChI=1S/C15H16BrNO2/c1-10(2)19-14-7-12(8-17-9-14)15(18)11-3-5-13(16)6-4-11/h3-10,15,18H,1-2H3. The number of hydrogen-bond acceptors (Lipinski definition) is 3. The minimum Gasteiger partial charge on any atom is -0.489 e. The zero-order valence-corrected chi connectivity index (χ0v) is 12.5. The zero-order chi connectivity index (χ0) is 13.8. The molecule has 19 heavy (non-hydrogen) atoms. The van der Waals surface area contributed by atoms with Crippen molar-refractivity contribution >= 4 is 15.9 Å². The van der Waals surface area contributed by atoms with Gasteiger partial charge in [0.1, 0.15) is 11.9 Å². The van der Waals surface area contributed by atoms with Gasteiger partial charge in [0.2, 0.25) is 0 Å². The molecule has 0 saturated carbocycles. The average molecular weight is 322 g/mol. The normalized spacial score (nSPS) is 12.5. The Morgan fingerprint density at radius 1 is 1.11 bits per heavy atom. The minimum atomic E-state index is -0.698. The maximum absolute atomic E-state index is 10.3. The van der Waals surface area contributed by atoms with E-state index in [1.807, 2.05) is 44.2 Å². The van der Waals surface area contributed by atoms with E-state index in [9.17, 15) is 5.11 Å². The predicted octanol–water partition coefficient (Wildman–Crippen LogP) is 3.71. The van der Waals surface area contributed by atoms with Gasteiger partial charge in [0.25, 0.3) is 0 Å². The highest BCUT2D eigenvalue weighted by Gasteiger charge is 2.12. The van der Waals surface area contributed by atoms with E-state index in [-0.39, 0.29) is 6.10 Å². The molecule has 1 aromatic heterocycles. The van der Waals surface area contributed by atoms with Gasteiger partial charge in [-0.2, -0.15) is 0 Å². The molecule has 2 rings (SSSR count). The van der Waals surface area contributed by atoms with Gasteiger partial charge in [0, 0.05) is 16.2 Å². The SMILES string of the molecule is CC(C)Oc1cncc(C(O)c2ccc(Br)cc2)c1. The van der Waals surface area contributed by atoms with E-state index in [1.54, 1.807) is 12.4 Å². The summed E-state index contributed by atoms with van der Waals surface area (Å²) in [7, 11) is 0. The molecule has 2 aromatic rings. The summed E-state index contributed by atoms with van der Waals surface area (Å²) in [5.74, 6) is 0.670. The van der Waals surface area contributed by atoms with Crippen LogP contribution in [0.3, 0.4) is 0 Å². The summed E-state index contributed by atoms with van der Waals surface area (Å²) >= 11 is 3.38. The molecule has 1 atom stereocenters. The fourth-order valence-electron chi connectivity index (χ4n) is 1.76. The minimum absolute atomic E-state index is 0.0851. The molecule has 0 fully saturated rings. The summed E-state index contributed by atoms with van der Waals surface area (Å²) in [6.45, 7) is 3.91. The summed E-state index contributed by atoms with van der Waals surface area (Å²) in [5.41, 5.74) is 1.55. The zero-order valence-electron chi connectivity index (χ0n) is 10.9. The molecule has 0 amide bonds. The maximum Gasteiger partial charge on any atom is 0.138 e. The van der Waals surface area contributed by atoms with Gasteiger partial charge in [-0.25, -0.2) is 0 Å². The van der Waals surface area contributed by atoms with Gasteiger partial charge in [-0.05, 0) is 37.6 Å². The van der Waals surface area contributed by atoms with Crippen LogP contribution in [-0.2, 0) is 0 Å². The van der Waals surface area contributed by atoms with Gasteiger partial charge in [0.05, 0.1) is 12.3 Å². The van der Waals surface area contributed by atoms with E-state index >= 15 is 0 Å². The van der Waals surface area contributed by atoms with Crippen molar-refractivity contribution in [2.24, 2.45) is 0 Å². The number of pyridine rings is 1. The van der Waals surface area contributed by atoms with Crippen LogP contribution in [0.25, 0.3) is 0 Å². The molecule has 0 saturated heterocycles. The Hall–Kier alpha value is -1.39. The molecule has 100 valence electrons. The van der Waals surface area contributed by atoms with Crippen molar-refractivity contribution < 1.29 is 9.84 Å². The first-order valence-corrected chi connectivity index (χ1v) is 6.90. The third-order valence-electron chi connectivity index (χ3n) is 2.61. The highest BCUT2D eigenvalue weighted by atomic mass is 79.9. The van der Waals surface area contributed by atoms with Gasteiger partial charge in [0.15, 0.2) is 0 Å². The topological polar surface area (TPSA) is 42.4 Å². The number of ether oxygens (including phenoxy) is 1. The molecule has 0 aliphatic heterocycles. The second-order valence-corrected chi connectivity index (χ2v) is 5.49. The van der Waals surface area contributed by atoms with Crippen LogP contribution in [0.4, 0.5) is 0 Å². The Morgan fingerprint density at radius 2 is 1.79 bits per heavy atom. The highest BCUT2D eigenvalue weighted by Crippen LogP contribution is 2.25. The summed E-state index contributed by atoms with van der Waals surface area (Å²) in [6.07, 6.45) is 2.69. The predicted molar refractivity (Wildman–Crippen MR) is 78.2 cm³/mol. The summed E-state index contributed by atoms with van der Waals surface area (Å²) < 4.78 is 6.56. The lowest BCUT2D eigenvalue weighted by atomic mass is 10.0. The highest BCUT2D eigenvalue weighted by molar-refractivity contribution is 9.10. The molecule has 0 spiro atoms. The molecule has 1 heterocycles. The molecule has 0 aliphatic rings. The van der Waals surface area contributed by atoms with Crippen molar-refractivity contribution in [1.29, 1.82) is 0 Å². The molecule has 0 aliphatic carbocycles. The van der Waals surface area contributed by atoms with E-state index < -0.39 is 6.10 Å². The number of hydrogen-bond donors (Lipinski definition) is 1. The van der Waals surface area contributed by atoms with E-state index in [4.69, 9.17) is 4.74 Å². The van der Waals surface area contributed by atoms with Crippen molar-refractivity contribution in [2.45, 2.75) is 26.1 Å². The number of aliphatic hydroxyl groups excluding tert-OH is 1. The van der Waals surface area contributed by atoms with Gasteiger partial charge in [-0.1, -0.05) is 28.1 Å². The quantitative estimate of drug-likeness (QED) is 0.933. The third kappa shape index (κ3) is 3.78. The van der Waals surface area contributed by atoms with E-state index in [0.29, 0.717) is 5.75 Å². The van der Waals surface area contributed by atoms with Crippen molar-refractivity contribution in [1.82, 2.24) is 4.98 Å². The van der Waals surface area contributed by atoms with E-state index in [1.165, 1.54) is 0 Å². The summed E-state index contributed by atoms with van der Waals surface area (Å²) in [5, 5.41) is 10.3. The van der Waals surface area contributed by atoms with Crippen LogP contribution < -0.4 is 4.74 Å². The van der Waals surface area contributed by atoms with Gasteiger partial charge >= 0.3 is 0 Å². The third-order valence-corrected chi connectivity index (χ3v) is 3.14. The second-order valence-electron chi connectivity index (χ2n) is 4.57. The Kier molecular flexibility index (Phi) is 4.56. The van der Waals surface area contributed by atoms with Crippen LogP contribution >= 0.6 is 15.9 Å². The number of aliphatic hydroxyl groups is 1. The van der Waals surface area contributed by atoms with E-state index in [0.717, 1.165) is 15.6 Å². The molecule has 0 radical (unpaired) electrons. The first-order chi connectivity index (χ1) is 9.06. The number of nitrogens with zero attached hydrogens (tertiary/aromatic N) is 1. The van der Waals surface area contributed by atoms with Crippen LogP contribution in [0.2, 0.25) is 0 Å². The smallest absolute Gasteiger partial charge is 0.138 e. The Balaban J connectivity index is 2.23. The Labute approximate surface area is 121 Å². The molecular formula is C15H16BrNO2. The van der Waals surface area contributed by atoms with Crippen molar-refractivity contribution in [3.05, 3.63) is 58.3 Å². The van der Waals surface area contributed by atoms with Crippen LogP contribution in [-0.4, -0.2) is 16.2 Å². The molecule has 4 heteroatoms. The number of aromatic nitrogens is 1. The Bertz CT molecular complexity index is 540. The number of rotatable bonds is 4. The van der Waals surface area contributed by atoms with Gasteiger partial charge in [-0.15, -0.1) is 0 Å². The first-order valence-electron chi connectivity index (χ1n) is 6.11. The molecule has 0 bridgehead atoms. The molecule has 1 N–H and O–H groups in total. The fourth-order valence-corrected chi connectivity index (χ4v) is 2.02. The number of benzene rings is 1. The molecule has 3 nitrogen and oxygen atoms in total. The molecule has 1 unspecified atom stereocenters. The molecule has 1 aromatic carbocycles. The summed E-state index contributed by atoms with van der Waals surface area (Å²) in [6, 6.07) is 9.38. The van der Waals surface area contributed by atoms with Crippen molar-refractivity contribution in [3.63, 3.8) is 0 Å². The second kappa shape index (κ2) is 6.17. The monoisotopic (exact) mass is 321 g/mol. The lowest BCUT2D eigenvalue weighted by Crippen LogP contribution is -2.07. The fraction of sp³-hybridized carbons (Fsp3) is 0.267. The lowest BCUT2D eigenvalue weighted by molar-refractivity contribution is 0.215. The molecular weight excluding hydrogens is 306 g/mol. The van der Waals surface area contributed by atoms with Crippen molar-refractivity contribution in [2.75, 3.05) is 0 Å². The van der Waals surface area contributed by atoms with Gasteiger partial charge < -0.3 is 9.84 Å². The van der Waals surface area contributed by atoms with Crippen molar-refractivity contribution in [3.8, 4) is 5.75 Å². The lowest BCUT2D eigenvalue weighted by Gasteiger charge is -2.14. The average Bonchev–Trinajstić information content (AvgIpc) is 2.38. The van der Waals surface area contributed by atoms with E-state index in [2.05, 4.69) is 20.9 Å². The largest absolute Gasteiger partial charge is 0.489 e. The van der Waals surface area contributed by atoms with Crippen LogP contribution in [0.15, 0.2) is 47.2 Å². The maximum atomic E-state index is 10.3. The van der Waals surface area contributed by atoms with Crippen LogP contribution in [0.5, 0.6) is 5.75 Å². The van der Waals surface area contributed by atoms with Gasteiger partial charge in [-0.3, -0.25) is 4.98 Å². The summed E-state index contributed by atoms with van der Waals surface area (Å²) in [4.78, 5) is 4.11.